The summed E-state index contributed by atoms with van der Waals surface area (Å²) in [6.07, 6.45) is 0. The van der Waals surface area contributed by atoms with E-state index in [2.05, 4.69) is 21.2 Å². The van der Waals surface area contributed by atoms with Crippen molar-refractivity contribution >= 4 is 33.2 Å². The van der Waals surface area contributed by atoms with Gasteiger partial charge in [-0.05, 0) is 53.1 Å². The molecular weight excluding hydrogens is 298 g/mol. The van der Waals surface area contributed by atoms with E-state index >= 15 is 0 Å². The number of amides is 1. The van der Waals surface area contributed by atoms with Gasteiger partial charge in [0.15, 0.2) is 0 Å². The number of rotatable bonds is 3. The molecule has 88 valence electrons. The van der Waals surface area contributed by atoms with Gasteiger partial charge in [-0.3, -0.25) is 4.79 Å². The minimum Gasteiger partial charge on any atom is -0.348 e. The molecule has 0 aliphatic rings. The zero-order valence-electron chi connectivity index (χ0n) is 9.37. The Morgan fingerprint density at radius 2 is 2.24 bits per heavy atom. The highest BCUT2D eigenvalue weighted by molar-refractivity contribution is 9.10. The normalized spacial score (nSPS) is 10.2. The van der Waals surface area contributed by atoms with Gasteiger partial charge in [0.05, 0.1) is 0 Å². The number of carbonyl (C=O) groups is 1. The van der Waals surface area contributed by atoms with Gasteiger partial charge in [0, 0.05) is 16.6 Å². The Balaban J connectivity index is 2.04. The molecule has 1 N–H and O–H groups in total. The maximum atomic E-state index is 11.9. The SMILES string of the molecule is Cc1cc(Br)cc(C(=O)NCc2ccsc2)c1. The van der Waals surface area contributed by atoms with Gasteiger partial charge in [-0.2, -0.15) is 11.3 Å². The van der Waals surface area contributed by atoms with Gasteiger partial charge in [-0.15, -0.1) is 0 Å². The Kier molecular flexibility index (Phi) is 3.97. The number of hydrogen-bond acceptors (Lipinski definition) is 2. The van der Waals surface area contributed by atoms with E-state index in [4.69, 9.17) is 0 Å². The third-order valence-electron chi connectivity index (χ3n) is 2.34. The maximum Gasteiger partial charge on any atom is 0.251 e. The first-order valence-corrected chi connectivity index (χ1v) is 6.95. The van der Waals surface area contributed by atoms with Crippen LogP contribution in [0.5, 0.6) is 0 Å². The van der Waals surface area contributed by atoms with Crippen molar-refractivity contribution in [3.05, 3.63) is 56.2 Å². The summed E-state index contributed by atoms with van der Waals surface area (Å²) in [5, 5.41) is 6.94. The predicted octanol–water partition coefficient (Wildman–Crippen LogP) is 3.75. The molecule has 1 heterocycles. The zero-order valence-corrected chi connectivity index (χ0v) is 11.8. The molecule has 1 amide bonds. The van der Waals surface area contributed by atoms with Crippen LogP contribution in [0.2, 0.25) is 0 Å². The standard InChI is InChI=1S/C13H12BrNOS/c1-9-4-11(6-12(14)5-9)13(16)15-7-10-2-3-17-8-10/h2-6,8H,7H2,1H3,(H,15,16). The fraction of sp³-hybridized carbons (Fsp3) is 0.154. The zero-order chi connectivity index (χ0) is 12.3. The first kappa shape index (κ1) is 12.3. The van der Waals surface area contributed by atoms with Gasteiger partial charge in [0.2, 0.25) is 0 Å². The lowest BCUT2D eigenvalue weighted by Crippen LogP contribution is -2.22. The molecule has 0 fully saturated rings. The highest BCUT2D eigenvalue weighted by atomic mass is 79.9. The quantitative estimate of drug-likeness (QED) is 0.919. The molecule has 1 aromatic heterocycles. The van der Waals surface area contributed by atoms with Crippen LogP contribution in [0, 0.1) is 6.92 Å². The van der Waals surface area contributed by atoms with Crippen LogP contribution in [0.4, 0.5) is 0 Å². The van der Waals surface area contributed by atoms with Crippen LogP contribution >= 0.6 is 27.3 Å². The van der Waals surface area contributed by atoms with Gasteiger partial charge < -0.3 is 5.32 Å². The largest absolute Gasteiger partial charge is 0.348 e. The summed E-state index contributed by atoms with van der Waals surface area (Å²) in [6, 6.07) is 7.70. The summed E-state index contributed by atoms with van der Waals surface area (Å²) in [7, 11) is 0. The van der Waals surface area contributed by atoms with E-state index in [1.54, 1.807) is 11.3 Å². The second kappa shape index (κ2) is 5.47. The van der Waals surface area contributed by atoms with Crippen molar-refractivity contribution in [1.82, 2.24) is 5.32 Å². The van der Waals surface area contributed by atoms with Crippen molar-refractivity contribution in [3.63, 3.8) is 0 Å². The lowest BCUT2D eigenvalue weighted by atomic mass is 10.1. The minimum atomic E-state index is -0.0411. The lowest BCUT2D eigenvalue weighted by Gasteiger charge is -2.05. The molecule has 1 aromatic carbocycles. The van der Waals surface area contributed by atoms with Crippen LogP contribution in [-0.4, -0.2) is 5.91 Å². The fourth-order valence-corrected chi connectivity index (χ4v) is 2.82. The second-order valence-electron chi connectivity index (χ2n) is 3.83. The fourth-order valence-electron chi connectivity index (χ4n) is 1.55. The molecule has 0 bridgehead atoms. The molecule has 0 aliphatic heterocycles. The second-order valence-corrected chi connectivity index (χ2v) is 5.53. The first-order chi connectivity index (χ1) is 8.15. The van der Waals surface area contributed by atoms with Crippen LogP contribution in [0.25, 0.3) is 0 Å². The molecule has 4 heteroatoms. The van der Waals surface area contributed by atoms with Crippen LogP contribution in [0.1, 0.15) is 21.5 Å². The van der Waals surface area contributed by atoms with Crippen LogP contribution in [-0.2, 0) is 6.54 Å². The summed E-state index contributed by atoms with van der Waals surface area (Å²) < 4.78 is 0.929. The monoisotopic (exact) mass is 309 g/mol. The predicted molar refractivity (Wildman–Crippen MR) is 74.4 cm³/mol. The maximum absolute atomic E-state index is 11.9. The highest BCUT2D eigenvalue weighted by Gasteiger charge is 2.06. The molecule has 0 spiro atoms. The number of thiophene rings is 1. The Morgan fingerprint density at radius 1 is 1.41 bits per heavy atom. The highest BCUT2D eigenvalue weighted by Crippen LogP contribution is 2.15. The van der Waals surface area contributed by atoms with Crippen molar-refractivity contribution < 1.29 is 4.79 Å². The summed E-state index contributed by atoms with van der Waals surface area (Å²) >= 11 is 5.03. The molecule has 2 rings (SSSR count). The van der Waals surface area contributed by atoms with E-state index in [1.807, 2.05) is 41.9 Å². The van der Waals surface area contributed by atoms with Crippen molar-refractivity contribution in [2.75, 3.05) is 0 Å². The molecule has 0 unspecified atom stereocenters. The van der Waals surface area contributed by atoms with E-state index in [9.17, 15) is 4.79 Å². The van der Waals surface area contributed by atoms with Crippen molar-refractivity contribution in [3.8, 4) is 0 Å². The molecule has 0 radical (unpaired) electrons. The van der Waals surface area contributed by atoms with E-state index < -0.39 is 0 Å². The molecule has 0 saturated carbocycles. The third-order valence-corrected chi connectivity index (χ3v) is 3.53. The van der Waals surface area contributed by atoms with Crippen LogP contribution in [0.3, 0.4) is 0 Å². The Morgan fingerprint density at radius 3 is 2.88 bits per heavy atom. The summed E-state index contributed by atoms with van der Waals surface area (Å²) in [6.45, 7) is 2.55. The van der Waals surface area contributed by atoms with Crippen LogP contribution in [0.15, 0.2) is 39.5 Å². The third kappa shape index (κ3) is 3.41. The Bertz CT molecular complexity index is 502. The molecule has 0 atom stereocenters. The van der Waals surface area contributed by atoms with E-state index in [-0.39, 0.29) is 5.91 Å². The number of nitrogens with one attached hydrogen (secondary N) is 1. The van der Waals surface area contributed by atoms with Gasteiger partial charge in [0.25, 0.3) is 5.91 Å². The molecule has 2 nitrogen and oxygen atoms in total. The molecule has 0 aliphatic carbocycles. The summed E-state index contributed by atoms with van der Waals surface area (Å²) in [5.74, 6) is -0.0411. The smallest absolute Gasteiger partial charge is 0.251 e. The van der Waals surface area contributed by atoms with Crippen molar-refractivity contribution in [2.45, 2.75) is 13.5 Å². The van der Waals surface area contributed by atoms with E-state index in [0.29, 0.717) is 12.1 Å². The molecule has 2 aromatic rings. The van der Waals surface area contributed by atoms with Gasteiger partial charge in [-0.25, -0.2) is 0 Å². The lowest BCUT2D eigenvalue weighted by molar-refractivity contribution is 0.0951. The summed E-state index contributed by atoms with van der Waals surface area (Å²) in [4.78, 5) is 11.9. The first-order valence-electron chi connectivity index (χ1n) is 5.21. The molecule has 17 heavy (non-hydrogen) atoms. The topological polar surface area (TPSA) is 29.1 Å². The van der Waals surface area contributed by atoms with Gasteiger partial charge in [0.1, 0.15) is 0 Å². The average Bonchev–Trinajstić information content (AvgIpc) is 2.77. The number of aryl methyl sites for hydroxylation is 1. The van der Waals surface area contributed by atoms with Crippen molar-refractivity contribution in [1.29, 1.82) is 0 Å². The number of halogens is 1. The summed E-state index contributed by atoms with van der Waals surface area (Å²) in [5.41, 5.74) is 2.89. The van der Waals surface area contributed by atoms with Crippen molar-refractivity contribution in [2.24, 2.45) is 0 Å². The van der Waals surface area contributed by atoms with Gasteiger partial charge in [-0.1, -0.05) is 15.9 Å². The Labute approximate surface area is 113 Å². The van der Waals surface area contributed by atoms with E-state index in [1.165, 1.54) is 0 Å². The molecular formula is C13H12BrNOS. The number of hydrogen-bond donors (Lipinski definition) is 1. The number of carbonyl (C=O) groups excluding carboxylic acids is 1. The minimum absolute atomic E-state index is 0.0411. The van der Waals surface area contributed by atoms with Crippen LogP contribution < -0.4 is 5.32 Å². The molecule has 0 saturated heterocycles. The van der Waals surface area contributed by atoms with E-state index in [0.717, 1.165) is 15.6 Å². The number of benzene rings is 1. The average molecular weight is 310 g/mol. The Hall–Kier alpha value is -1.13. The van der Waals surface area contributed by atoms with Gasteiger partial charge >= 0.3 is 0 Å².